The molecule has 1 aromatic carbocycles. The van der Waals surface area contributed by atoms with E-state index >= 15 is 0 Å². The monoisotopic (exact) mass is 410 g/mol. The number of nitrogens with two attached hydrogens (primary N) is 1. The van der Waals surface area contributed by atoms with Crippen LogP contribution < -0.4 is 5.73 Å². The van der Waals surface area contributed by atoms with Gasteiger partial charge in [-0.3, -0.25) is 0 Å². The zero-order chi connectivity index (χ0) is 21.4. The highest BCUT2D eigenvalue weighted by Gasteiger charge is 2.34. The van der Waals surface area contributed by atoms with Crippen molar-refractivity contribution in [2.24, 2.45) is 0 Å². The summed E-state index contributed by atoms with van der Waals surface area (Å²) >= 11 is 0. The van der Waals surface area contributed by atoms with Crippen LogP contribution in [0.2, 0.25) is 18.1 Å². The van der Waals surface area contributed by atoms with Crippen LogP contribution in [0.3, 0.4) is 0 Å². The van der Waals surface area contributed by atoms with Gasteiger partial charge in [0.1, 0.15) is 12.7 Å². The molecule has 0 radical (unpaired) electrons. The zero-order valence-corrected chi connectivity index (χ0v) is 19.3. The SMILES string of the molecule is CC[Si](CC)(CC)OC(COC(=O)N(CCO)C(C)(C)C)c1cccc(N)c1. The Morgan fingerprint density at radius 2 is 1.82 bits per heavy atom. The van der Waals surface area contributed by atoms with Gasteiger partial charge in [-0.05, 0) is 56.6 Å². The molecule has 0 aliphatic carbocycles. The Kier molecular flexibility index (Phi) is 9.46. The first-order chi connectivity index (χ1) is 13.1. The standard InChI is InChI=1S/C21H38N2O4Si/c1-7-28(8-2,9-3)27-19(17-11-10-12-18(22)15-17)16-26-20(25)23(13-14-24)21(4,5)6/h10-12,15,19,24H,7-9,13-14,16,22H2,1-6H3. The van der Waals surface area contributed by atoms with E-state index in [9.17, 15) is 9.90 Å². The van der Waals surface area contributed by atoms with E-state index in [1.165, 1.54) is 4.90 Å². The molecule has 0 saturated carbocycles. The third-order valence-corrected chi connectivity index (χ3v) is 9.97. The first kappa shape index (κ1) is 24.5. The summed E-state index contributed by atoms with van der Waals surface area (Å²) in [5.74, 6) is 0. The highest BCUT2D eigenvalue weighted by molar-refractivity contribution is 6.73. The maximum absolute atomic E-state index is 12.7. The molecule has 160 valence electrons. The lowest BCUT2D eigenvalue weighted by Crippen LogP contribution is -2.48. The number of aliphatic hydroxyl groups excluding tert-OH is 1. The summed E-state index contributed by atoms with van der Waals surface area (Å²) in [6.45, 7) is 12.5. The summed E-state index contributed by atoms with van der Waals surface area (Å²) in [4.78, 5) is 14.2. The minimum atomic E-state index is -1.92. The topological polar surface area (TPSA) is 85.0 Å². The van der Waals surface area contributed by atoms with E-state index in [1.54, 1.807) is 0 Å². The molecule has 0 aliphatic heterocycles. The third kappa shape index (κ3) is 6.79. The van der Waals surface area contributed by atoms with Crippen LogP contribution in [0, 0.1) is 0 Å². The summed E-state index contributed by atoms with van der Waals surface area (Å²) in [5.41, 5.74) is 7.11. The van der Waals surface area contributed by atoms with Gasteiger partial charge >= 0.3 is 6.09 Å². The zero-order valence-electron chi connectivity index (χ0n) is 18.3. The van der Waals surface area contributed by atoms with Crippen LogP contribution in [0.4, 0.5) is 10.5 Å². The molecule has 3 N–H and O–H groups in total. The van der Waals surface area contributed by atoms with Crippen molar-refractivity contribution in [3.05, 3.63) is 29.8 Å². The van der Waals surface area contributed by atoms with Gasteiger partial charge in [-0.25, -0.2) is 4.79 Å². The molecule has 0 aliphatic rings. The summed E-state index contributed by atoms with van der Waals surface area (Å²) in [6, 6.07) is 10.6. The van der Waals surface area contributed by atoms with Crippen LogP contribution in [0.15, 0.2) is 24.3 Å². The van der Waals surface area contributed by atoms with Crippen molar-refractivity contribution in [1.82, 2.24) is 4.90 Å². The lowest BCUT2D eigenvalue weighted by atomic mass is 10.1. The summed E-state index contributed by atoms with van der Waals surface area (Å²) < 4.78 is 12.3. The van der Waals surface area contributed by atoms with E-state index in [-0.39, 0.29) is 25.9 Å². The number of aliphatic hydroxyl groups is 1. The molecule has 1 atom stereocenters. The van der Waals surface area contributed by atoms with Crippen molar-refractivity contribution in [3.8, 4) is 0 Å². The molecule has 0 aromatic heterocycles. The minimum absolute atomic E-state index is 0.112. The highest BCUT2D eigenvalue weighted by atomic mass is 28.4. The lowest BCUT2D eigenvalue weighted by Gasteiger charge is -2.36. The van der Waals surface area contributed by atoms with Crippen molar-refractivity contribution < 1.29 is 19.1 Å². The van der Waals surface area contributed by atoms with Crippen LogP contribution in [0.1, 0.15) is 53.2 Å². The Bertz CT molecular complexity index is 606. The van der Waals surface area contributed by atoms with Gasteiger partial charge in [0.25, 0.3) is 0 Å². The first-order valence-electron chi connectivity index (χ1n) is 10.2. The van der Waals surface area contributed by atoms with Crippen LogP contribution in [-0.4, -0.2) is 49.7 Å². The summed E-state index contributed by atoms with van der Waals surface area (Å²) in [7, 11) is -1.92. The molecular formula is C21H38N2O4Si. The molecule has 1 rings (SSSR count). The fourth-order valence-corrected chi connectivity index (χ4v) is 6.09. The number of nitrogen functional groups attached to an aromatic ring is 1. The maximum atomic E-state index is 12.7. The second-order valence-corrected chi connectivity index (χ2v) is 12.9. The number of hydrogen-bond acceptors (Lipinski definition) is 5. The number of benzene rings is 1. The van der Waals surface area contributed by atoms with E-state index in [4.69, 9.17) is 14.9 Å². The predicted octanol–water partition coefficient (Wildman–Crippen LogP) is 4.56. The highest BCUT2D eigenvalue weighted by Crippen LogP contribution is 2.31. The molecule has 1 amide bonds. The van der Waals surface area contributed by atoms with Crippen LogP contribution >= 0.6 is 0 Å². The van der Waals surface area contributed by atoms with Gasteiger partial charge in [0.05, 0.1) is 6.61 Å². The number of ether oxygens (including phenoxy) is 1. The molecule has 28 heavy (non-hydrogen) atoms. The van der Waals surface area contributed by atoms with Crippen molar-refractivity contribution >= 4 is 20.1 Å². The first-order valence-corrected chi connectivity index (χ1v) is 12.7. The van der Waals surface area contributed by atoms with Gasteiger partial charge in [0.2, 0.25) is 0 Å². The number of rotatable bonds is 10. The van der Waals surface area contributed by atoms with Crippen molar-refractivity contribution in [2.45, 2.75) is 71.3 Å². The second-order valence-electron chi connectivity index (χ2n) is 8.14. The van der Waals surface area contributed by atoms with Gasteiger partial charge in [-0.1, -0.05) is 32.9 Å². The fourth-order valence-electron chi connectivity index (χ4n) is 3.28. The molecule has 0 saturated heterocycles. The van der Waals surface area contributed by atoms with Gasteiger partial charge < -0.3 is 24.9 Å². The van der Waals surface area contributed by atoms with Crippen LogP contribution in [0.5, 0.6) is 0 Å². The Morgan fingerprint density at radius 1 is 1.21 bits per heavy atom. The van der Waals surface area contributed by atoms with Crippen molar-refractivity contribution in [2.75, 3.05) is 25.5 Å². The van der Waals surface area contributed by atoms with Gasteiger partial charge in [-0.15, -0.1) is 0 Å². The van der Waals surface area contributed by atoms with E-state index in [0.717, 1.165) is 23.7 Å². The lowest BCUT2D eigenvalue weighted by molar-refractivity contribution is 0.0286. The quantitative estimate of drug-likeness (QED) is 0.436. The normalized spacial score (nSPS) is 13.2. The number of carbonyl (C=O) groups excluding carboxylic acids is 1. The van der Waals surface area contributed by atoms with E-state index in [0.29, 0.717) is 5.69 Å². The summed E-state index contributed by atoms with van der Waals surface area (Å²) in [6.07, 6.45) is -0.800. The van der Waals surface area contributed by atoms with Gasteiger partial charge in [-0.2, -0.15) is 0 Å². The van der Waals surface area contributed by atoms with Crippen molar-refractivity contribution in [1.29, 1.82) is 0 Å². The average molecular weight is 411 g/mol. The smallest absolute Gasteiger partial charge is 0.410 e. The van der Waals surface area contributed by atoms with E-state index in [1.807, 2.05) is 45.0 Å². The molecule has 7 heteroatoms. The Morgan fingerprint density at radius 3 is 2.29 bits per heavy atom. The Labute approximate surface area is 171 Å². The molecule has 1 unspecified atom stereocenters. The Hall–Kier alpha value is -1.57. The fraction of sp³-hybridized carbons (Fsp3) is 0.667. The minimum Gasteiger partial charge on any atom is -0.446 e. The predicted molar refractivity (Wildman–Crippen MR) is 117 cm³/mol. The van der Waals surface area contributed by atoms with Gasteiger partial charge in [0.15, 0.2) is 8.32 Å². The number of β-amino-alcohol motifs (C(OH)–C–C–N with tert-alkyl or cyclic N) is 1. The molecule has 0 fully saturated rings. The Balaban J connectivity index is 3.04. The summed E-state index contributed by atoms with van der Waals surface area (Å²) in [5, 5.41) is 9.30. The van der Waals surface area contributed by atoms with Gasteiger partial charge in [0, 0.05) is 17.8 Å². The van der Waals surface area contributed by atoms with Crippen LogP contribution in [0.25, 0.3) is 0 Å². The molecule has 0 bridgehead atoms. The molecule has 0 heterocycles. The van der Waals surface area contributed by atoms with Crippen LogP contribution in [-0.2, 0) is 9.16 Å². The molecule has 0 spiro atoms. The number of anilines is 1. The number of hydrogen-bond donors (Lipinski definition) is 2. The largest absolute Gasteiger partial charge is 0.446 e. The van der Waals surface area contributed by atoms with E-state index < -0.39 is 19.9 Å². The molecule has 6 nitrogen and oxygen atoms in total. The average Bonchev–Trinajstić information content (AvgIpc) is 2.65. The third-order valence-electron chi connectivity index (χ3n) is 5.32. The van der Waals surface area contributed by atoms with Crippen molar-refractivity contribution in [3.63, 3.8) is 0 Å². The second kappa shape index (κ2) is 10.8. The maximum Gasteiger partial charge on any atom is 0.410 e. The number of carbonyl (C=O) groups is 1. The van der Waals surface area contributed by atoms with E-state index in [2.05, 4.69) is 20.8 Å². The number of nitrogens with zero attached hydrogens (tertiary/aromatic N) is 1. The number of amides is 1. The molecule has 1 aromatic rings. The molecular weight excluding hydrogens is 372 g/mol.